The van der Waals surface area contributed by atoms with Crippen LogP contribution < -0.4 is 5.32 Å². The first kappa shape index (κ1) is 18.5. The van der Waals surface area contributed by atoms with E-state index in [0.29, 0.717) is 28.9 Å². The standard InChI is InChI=1S/C20H19FN4O2/c1-14-2-4-16(10-17(14)24-13-26)19(27)25-8-6-20(21,7-9-25)18-5-3-15(11-22)12-23-18/h2-5,10,12-13H,6-9H2,1H3,(H,24,26). The van der Waals surface area contributed by atoms with Gasteiger partial charge in [0.1, 0.15) is 6.07 Å². The Bertz CT molecular complexity index is 897. The second-order valence-corrected chi connectivity index (χ2v) is 6.59. The molecule has 1 aromatic heterocycles. The highest BCUT2D eigenvalue weighted by Crippen LogP contribution is 2.36. The number of halogens is 1. The number of anilines is 1. The number of piperidine rings is 1. The minimum Gasteiger partial charge on any atom is -0.338 e. The number of hydrogen-bond donors (Lipinski definition) is 1. The lowest BCUT2D eigenvalue weighted by Gasteiger charge is -2.36. The molecule has 0 radical (unpaired) electrons. The molecule has 2 heterocycles. The molecule has 1 N–H and O–H groups in total. The fourth-order valence-corrected chi connectivity index (χ4v) is 3.20. The van der Waals surface area contributed by atoms with E-state index in [1.807, 2.05) is 13.0 Å². The highest BCUT2D eigenvalue weighted by molar-refractivity contribution is 5.96. The summed E-state index contributed by atoms with van der Waals surface area (Å²) in [5, 5.41) is 11.4. The second kappa shape index (κ2) is 7.54. The van der Waals surface area contributed by atoms with Crippen LogP contribution in [0, 0.1) is 18.3 Å². The van der Waals surface area contributed by atoms with Gasteiger partial charge in [-0.1, -0.05) is 6.07 Å². The molecule has 1 aromatic carbocycles. The van der Waals surface area contributed by atoms with Crippen molar-refractivity contribution < 1.29 is 14.0 Å². The van der Waals surface area contributed by atoms with Crippen LogP contribution in [0.5, 0.6) is 0 Å². The number of likely N-dealkylation sites (tertiary alicyclic amines) is 1. The molecule has 1 aliphatic heterocycles. The maximum Gasteiger partial charge on any atom is 0.253 e. The average Bonchev–Trinajstić information content (AvgIpc) is 2.70. The van der Waals surface area contributed by atoms with E-state index in [1.165, 1.54) is 12.3 Å². The number of nitrogens with zero attached hydrogens (tertiary/aromatic N) is 3. The Morgan fingerprint density at radius 3 is 2.67 bits per heavy atom. The number of aromatic nitrogens is 1. The second-order valence-electron chi connectivity index (χ2n) is 6.59. The van der Waals surface area contributed by atoms with E-state index in [1.54, 1.807) is 29.2 Å². The molecule has 2 aromatic rings. The Balaban J connectivity index is 1.71. The van der Waals surface area contributed by atoms with Crippen LogP contribution in [0.15, 0.2) is 36.5 Å². The Hall–Kier alpha value is -3.27. The predicted octanol–water partition coefficient (Wildman–Crippen LogP) is 2.93. The molecule has 27 heavy (non-hydrogen) atoms. The van der Waals surface area contributed by atoms with Crippen molar-refractivity contribution in [3.8, 4) is 6.07 Å². The first-order valence-corrected chi connectivity index (χ1v) is 8.62. The lowest BCUT2D eigenvalue weighted by Crippen LogP contribution is -2.43. The summed E-state index contributed by atoms with van der Waals surface area (Å²) < 4.78 is 15.3. The van der Waals surface area contributed by atoms with Gasteiger partial charge < -0.3 is 10.2 Å². The number of aryl methyl sites for hydroxylation is 1. The number of carbonyl (C=O) groups excluding carboxylic acids is 2. The molecular weight excluding hydrogens is 347 g/mol. The first-order chi connectivity index (χ1) is 13.0. The number of nitrogens with one attached hydrogen (secondary N) is 1. The van der Waals surface area contributed by atoms with Crippen molar-refractivity contribution in [2.45, 2.75) is 25.4 Å². The zero-order valence-corrected chi connectivity index (χ0v) is 14.9. The van der Waals surface area contributed by atoms with Gasteiger partial charge in [-0.3, -0.25) is 14.6 Å². The lowest BCUT2D eigenvalue weighted by molar-refractivity contribution is -0.105. The Kier molecular flexibility index (Phi) is 5.17. The zero-order valence-electron chi connectivity index (χ0n) is 14.9. The molecule has 1 fully saturated rings. The molecule has 0 saturated carbocycles. The van der Waals surface area contributed by atoms with Crippen LogP contribution in [0.4, 0.5) is 10.1 Å². The third kappa shape index (κ3) is 3.80. The topological polar surface area (TPSA) is 86.1 Å². The van der Waals surface area contributed by atoms with E-state index in [0.717, 1.165) is 5.56 Å². The number of amides is 2. The normalized spacial score (nSPS) is 15.7. The maximum atomic E-state index is 15.3. The number of alkyl halides is 1. The zero-order chi connectivity index (χ0) is 19.4. The van der Waals surface area contributed by atoms with Crippen molar-refractivity contribution in [3.05, 3.63) is 58.9 Å². The summed E-state index contributed by atoms with van der Waals surface area (Å²) in [6.07, 6.45) is 2.22. The molecule has 0 unspecified atom stereocenters. The summed E-state index contributed by atoms with van der Waals surface area (Å²) in [5.74, 6) is -0.196. The predicted molar refractivity (Wildman–Crippen MR) is 97.7 cm³/mol. The summed E-state index contributed by atoms with van der Waals surface area (Å²) in [4.78, 5) is 29.1. The van der Waals surface area contributed by atoms with Crippen molar-refractivity contribution in [2.24, 2.45) is 0 Å². The Labute approximate surface area is 156 Å². The van der Waals surface area contributed by atoms with Crippen LogP contribution in [0.2, 0.25) is 0 Å². The molecule has 138 valence electrons. The quantitative estimate of drug-likeness (QED) is 0.843. The summed E-state index contributed by atoms with van der Waals surface area (Å²) in [7, 11) is 0. The number of hydrogen-bond acceptors (Lipinski definition) is 4. The fraction of sp³-hybridized carbons (Fsp3) is 0.300. The van der Waals surface area contributed by atoms with Gasteiger partial charge >= 0.3 is 0 Å². The van der Waals surface area contributed by atoms with Gasteiger partial charge in [0, 0.05) is 43.4 Å². The maximum absolute atomic E-state index is 15.3. The van der Waals surface area contributed by atoms with E-state index in [2.05, 4.69) is 10.3 Å². The monoisotopic (exact) mass is 366 g/mol. The average molecular weight is 366 g/mol. The summed E-state index contributed by atoms with van der Waals surface area (Å²) >= 11 is 0. The molecular formula is C20H19FN4O2. The van der Waals surface area contributed by atoms with Crippen LogP contribution in [0.1, 0.15) is 40.0 Å². The molecule has 7 heteroatoms. The van der Waals surface area contributed by atoms with Crippen molar-refractivity contribution in [1.29, 1.82) is 5.26 Å². The van der Waals surface area contributed by atoms with Crippen molar-refractivity contribution in [3.63, 3.8) is 0 Å². The van der Waals surface area contributed by atoms with Crippen LogP contribution in [-0.2, 0) is 10.5 Å². The van der Waals surface area contributed by atoms with Crippen molar-refractivity contribution in [1.82, 2.24) is 9.88 Å². The van der Waals surface area contributed by atoms with Gasteiger partial charge in [0.05, 0.1) is 11.3 Å². The number of benzene rings is 1. The van der Waals surface area contributed by atoms with E-state index >= 15 is 4.39 Å². The molecule has 1 saturated heterocycles. The molecule has 3 rings (SSSR count). The Morgan fingerprint density at radius 2 is 2.07 bits per heavy atom. The minimum absolute atomic E-state index is 0.142. The Morgan fingerprint density at radius 1 is 1.33 bits per heavy atom. The van der Waals surface area contributed by atoms with Crippen molar-refractivity contribution in [2.75, 3.05) is 18.4 Å². The molecule has 0 aliphatic carbocycles. The van der Waals surface area contributed by atoms with Gasteiger partial charge in [-0.2, -0.15) is 5.26 Å². The smallest absolute Gasteiger partial charge is 0.253 e. The third-order valence-electron chi connectivity index (χ3n) is 4.89. The third-order valence-corrected chi connectivity index (χ3v) is 4.89. The van der Waals surface area contributed by atoms with Crippen LogP contribution in [0.25, 0.3) is 0 Å². The van der Waals surface area contributed by atoms with E-state index < -0.39 is 5.67 Å². The number of carbonyl (C=O) groups is 2. The van der Waals surface area contributed by atoms with E-state index in [4.69, 9.17) is 5.26 Å². The molecule has 0 spiro atoms. The van der Waals surface area contributed by atoms with Gasteiger partial charge in [0.15, 0.2) is 5.67 Å². The number of nitriles is 1. The summed E-state index contributed by atoms with van der Waals surface area (Å²) in [5.41, 5.74) is 0.951. The molecule has 2 amide bonds. The van der Waals surface area contributed by atoms with Crippen LogP contribution in [-0.4, -0.2) is 35.3 Å². The van der Waals surface area contributed by atoms with Gasteiger partial charge in [-0.25, -0.2) is 4.39 Å². The molecule has 0 atom stereocenters. The summed E-state index contributed by atoms with van der Waals surface area (Å²) in [6, 6.07) is 10.1. The number of pyridine rings is 1. The summed E-state index contributed by atoms with van der Waals surface area (Å²) in [6.45, 7) is 2.37. The lowest BCUT2D eigenvalue weighted by atomic mass is 9.89. The van der Waals surface area contributed by atoms with Gasteiger partial charge in [0.25, 0.3) is 5.91 Å². The van der Waals surface area contributed by atoms with Gasteiger partial charge in [0.2, 0.25) is 6.41 Å². The number of rotatable bonds is 4. The minimum atomic E-state index is -1.61. The largest absolute Gasteiger partial charge is 0.338 e. The van der Waals surface area contributed by atoms with E-state index in [-0.39, 0.29) is 31.8 Å². The van der Waals surface area contributed by atoms with E-state index in [9.17, 15) is 9.59 Å². The highest BCUT2D eigenvalue weighted by atomic mass is 19.1. The molecule has 6 nitrogen and oxygen atoms in total. The van der Waals surface area contributed by atoms with Crippen LogP contribution >= 0.6 is 0 Å². The SMILES string of the molecule is Cc1ccc(C(=O)N2CCC(F)(c3ccc(C#N)cn3)CC2)cc1NC=O. The highest BCUT2D eigenvalue weighted by Gasteiger charge is 2.38. The molecule has 1 aliphatic rings. The fourth-order valence-electron chi connectivity index (χ4n) is 3.20. The van der Waals surface area contributed by atoms with Gasteiger partial charge in [-0.15, -0.1) is 0 Å². The van der Waals surface area contributed by atoms with Crippen LogP contribution in [0.3, 0.4) is 0 Å². The van der Waals surface area contributed by atoms with Gasteiger partial charge in [-0.05, 0) is 36.8 Å². The first-order valence-electron chi connectivity index (χ1n) is 8.62. The van der Waals surface area contributed by atoms with Crippen molar-refractivity contribution >= 4 is 18.0 Å². The molecule has 0 bridgehead atoms.